The number of primary amides is 1. The van der Waals surface area contributed by atoms with Crippen LogP contribution in [0.25, 0.3) is 0 Å². The van der Waals surface area contributed by atoms with Crippen molar-refractivity contribution in [1.82, 2.24) is 0 Å². The Bertz CT molecular complexity index is 1600. The zero-order valence-electron chi connectivity index (χ0n) is 21.5. The van der Waals surface area contributed by atoms with Crippen LogP contribution in [0.1, 0.15) is 20.7 Å². The maximum Gasteiger partial charge on any atom is 0.255 e. The highest BCUT2D eigenvalue weighted by Gasteiger charge is 2.08. The summed E-state index contributed by atoms with van der Waals surface area (Å²) in [7, 11) is 0. The quantitative estimate of drug-likeness (QED) is 0.116. The van der Waals surface area contributed by atoms with Gasteiger partial charge in [-0.25, -0.2) is 0 Å². The van der Waals surface area contributed by atoms with E-state index in [0.29, 0.717) is 16.8 Å². The summed E-state index contributed by atoms with van der Waals surface area (Å²) in [5.41, 5.74) is 18.9. The number of hydrogen-bond donors (Lipinski definition) is 6. The van der Waals surface area contributed by atoms with E-state index in [0.717, 1.165) is 39.8 Å². The molecule has 0 radical (unpaired) electrons. The lowest BCUT2D eigenvalue weighted by Crippen LogP contribution is -2.14. The first kappa shape index (κ1) is 25.9. The van der Waals surface area contributed by atoms with E-state index in [1.165, 1.54) is 12.1 Å². The SMILES string of the molecule is NC(=O)c1ccc(C(=O)Nc2ccc(Nc3ccc(Nc4ccc(Nc5ccc(N)cc5)cc4)cc3)cc2)cc1. The van der Waals surface area contributed by atoms with E-state index in [-0.39, 0.29) is 5.91 Å². The van der Waals surface area contributed by atoms with Gasteiger partial charge in [0.05, 0.1) is 0 Å². The molecule has 0 fully saturated rings. The summed E-state index contributed by atoms with van der Waals surface area (Å²) in [5, 5.41) is 13.0. The lowest BCUT2D eigenvalue weighted by Gasteiger charge is -2.11. The predicted molar refractivity (Wildman–Crippen MR) is 163 cm³/mol. The third kappa shape index (κ3) is 6.76. The first-order valence-electron chi connectivity index (χ1n) is 12.6. The zero-order chi connectivity index (χ0) is 27.9. The topological polar surface area (TPSA) is 134 Å². The highest BCUT2D eigenvalue weighted by molar-refractivity contribution is 6.05. The third-order valence-electron chi connectivity index (χ3n) is 6.12. The first-order valence-corrected chi connectivity index (χ1v) is 12.6. The van der Waals surface area contributed by atoms with Gasteiger partial charge in [-0.05, 0) is 121 Å². The maximum atomic E-state index is 12.5. The number of hydrogen-bond acceptors (Lipinski definition) is 6. The Kier molecular flexibility index (Phi) is 7.60. The molecule has 0 heterocycles. The Morgan fingerprint density at radius 3 is 1.07 bits per heavy atom. The van der Waals surface area contributed by atoms with Gasteiger partial charge in [-0.15, -0.1) is 0 Å². The molecule has 5 aromatic carbocycles. The molecule has 0 spiro atoms. The number of benzene rings is 5. The normalized spacial score (nSPS) is 10.4. The Balaban J connectivity index is 1.13. The number of anilines is 8. The Labute approximate surface area is 232 Å². The van der Waals surface area contributed by atoms with E-state index in [9.17, 15) is 9.59 Å². The molecule has 2 amide bonds. The highest BCUT2D eigenvalue weighted by Crippen LogP contribution is 2.25. The van der Waals surface area contributed by atoms with Gasteiger partial charge in [-0.2, -0.15) is 0 Å². The van der Waals surface area contributed by atoms with Crippen molar-refractivity contribution in [2.75, 3.05) is 27.0 Å². The molecule has 0 saturated carbocycles. The minimum atomic E-state index is -0.532. The van der Waals surface area contributed by atoms with Crippen LogP contribution in [0.4, 0.5) is 45.5 Å². The molecule has 0 bridgehead atoms. The molecule has 0 atom stereocenters. The van der Waals surface area contributed by atoms with Crippen LogP contribution in [0.15, 0.2) is 121 Å². The molecule has 0 saturated heterocycles. The van der Waals surface area contributed by atoms with Crippen molar-refractivity contribution in [2.24, 2.45) is 5.73 Å². The van der Waals surface area contributed by atoms with Gasteiger partial charge >= 0.3 is 0 Å². The highest BCUT2D eigenvalue weighted by atomic mass is 16.2. The lowest BCUT2D eigenvalue weighted by molar-refractivity contribution is 0.0995. The number of rotatable bonds is 9. The van der Waals surface area contributed by atoms with Crippen LogP contribution in [0, 0.1) is 0 Å². The molecule has 40 heavy (non-hydrogen) atoms. The molecule has 0 aliphatic carbocycles. The van der Waals surface area contributed by atoms with Gasteiger partial charge in [0.15, 0.2) is 0 Å². The minimum Gasteiger partial charge on any atom is -0.399 e. The number of nitrogens with two attached hydrogens (primary N) is 2. The Morgan fingerprint density at radius 1 is 0.425 bits per heavy atom. The summed E-state index contributed by atoms with van der Waals surface area (Å²) in [6.07, 6.45) is 0. The molecule has 5 rings (SSSR count). The average molecular weight is 529 g/mol. The first-order chi connectivity index (χ1) is 19.4. The number of carbonyl (C=O) groups is 2. The molecular formula is C32H28N6O2. The second-order valence-electron chi connectivity index (χ2n) is 9.12. The number of nitrogen functional groups attached to an aromatic ring is 1. The van der Waals surface area contributed by atoms with Crippen molar-refractivity contribution in [1.29, 1.82) is 0 Å². The van der Waals surface area contributed by atoms with Crippen molar-refractivity contribution in [2.45, 2.75) is 0 Å². The minimum absolute atomic E-state index is 0.271. The number of amides is 2. The van der Waals surface area contributed by atoms with Crippen LogP contribution in [0.3, 0.4) is 0 Å². The molecule has 0 aliphatic heterocycles. The fourth-order valence-electron chi connectivity index (χ4n) is 3.97. The number of nitrogens with one attached hydrogen (secondary N) is 4. The monoisotopic (exact) mass is 528 g/mol. The van der Waals surface area contributed by atoms with Gasteiger partial charge in [0.2, 0.25) is 5.91 Å². The summed E-state index contributed by atoms with van der Waals surface area (Å²) in [5.74, 6) is -0.803. The summed E-state index contributed by atoms with van der Waals surface area (Å²) in [4.78, 5) is 23.7. The van der Waals surface area contributed by atoms with Gasteiger partial charge in [0, 0.05) is 56.6 Å². The Morgan fingerprint density at radius 2 is 0.725 bits per heavy atom. The summed E-state index contributed by atoms with van der Waals surface area (Å²) in [6, 6.07) is 37.3. The van der Waals surface area contributed by atoms with Gasteiger partial charge in [-0.1, -0.05) is 0 Å². The zero-order valence-corrected chi connectivity index (χ0v) is 21.5. The van der Waals surface area contributed by atoms with E-state index in [2.05, 4.69) is 21.3 Å². The van der Waals surface area contributed by atoms with E-state index in [1.807, 2.05) is 97.1 Å². The van der Waals surface area contributed by atoms with Crippen molar-refractivity contribution in [3.05, 3.63) is 132 Å². The van der Waals surface area contributed by atoms with Crippen molar-refractivity contribution >= 4 is 57.3 Å². The fourth-order valence-corrected chi connectivity index (χ4v) is 3.97. The van der Waals surface area contributed by atoms with Crippen LogP contribution < -0.4 is 32.7 Å². The average Bonchev–Trinajstić information content (AvgIpc) is 2.97. The molecule has 5 aromatic rings. The van der Waals surface area contributed by atoms with Crippen molar-refractivity contribution in [3.8, 4) is 0 Å². The molecule has 8 N–H and O–H groups in total. The van der Waals surface area contributed by atoms with E-state index in [1.54, 1.807) is 12.1 Å². The second-order valence-corrected chi connectivity index (χ2v) is 9.12. The molecule has 0 aromatic heterocycles. The third-order valence-corrected chi connectivity index (χ3v) is 6.12. The molecular weight excluding hydrogens is 500 g/mol. The fraction of sp³-hybridized carbons (Fsp3) is 0. The van der Waals surface area contributed by atoms with Gasteiger partial charge in [0.1, 0.15) is 0 Å². The van der Waals surface area contributed by atoms with Gasteiger partial charge in [-0.3, -0.25) is 9.59 Å². The van der Waals surface area contributed by atoms with Crippen molar-refractivity contribution in [3.63, 3.8) is 0 Å². The van der Waals surface area contributed by atoms with E-state index in [4.69, 9.17) is 11.5 Å². The van der Waals surface area contributed by atoms with Crippen LogP contribution in [0.2, 0.25) is 0 Å². The van der Waals surface area contributed by atoms with Gasteiger partial charge < -0.3 is 32.7 Å². The molecule has 8 nitrogen and oxygen atoms in total. The van der Waals surface area contributed by atoms with E-state index >= 15 is 0 Å². The number of carbonyl (C=O) groups excluding carboxylic acids is 2. The van der Waals surface area contributed by atoms with Gasteiger partial charge in [0.25, 0.3) is 5.91 Å². The maximum absolute atomic E-state index is 12.5. The van der Waals surface area contributed by atoms with Crippen molar-refractivity contribution < 1.29 is 9.59 Å². The summed E-state index contributed by atoms with van der Waals surface area (Å²) in [6.45, 7) is 0. The van der Waals surface area contributed by atoms with Crippen LogP contribution in [-0.4, -0.2) is 11.8 Å². The molecule has 198 valence electrons. The van der Waals surface area contributed by atoms with E-state index < -0.39 is 5.91 Å². The standard InChI is InChI=1S/C32H28N6O2/c33-23-5-7-24(8-6-23)35-25-9-11-26(12-10-25)36-27-13-15-28(16-14-27)37-29-17-19-30(20-18-29)38-32(40)22-3-1-21(2-4-22)31(34)39/h1-20,35-37H,33H2,(H2,34,39)(H,38,40). The smallest absolute Gasteiger partial charge is 0.255 e. The predicted octanol–water partition coefficient (Wildman–Crippen LogP) is 6.85. The lowest BCUT2D eigenvalue weighted by atomic mass is 10.1. The van der Waals surface area contributed by atoms with Crippen LogP contribution in [-0.2, 0) is 0 Å². The summed E-state index contributed by atoms with van der Waals surface area (Å²) < 4.78 is 0. The molecule has 0 unspecified atom stereocenters. The summed E-state index contributed by atoms with van der Waals surface area (Å²) >= 11 is 0. The molecule has 0 aliphatic rings. The Hall–Kier alpha value is -5.76. The molecule has 8 heteroatoms. The van der Waals surface area contributed by atoms with Crippen LogP contribution in [0.5, 0.6) is 0 Å². The van der Waals surface area contributed by atoms with Crippen LogP contribution >= 0.6 is 0 Å². The largest absolute Gasteiger partial charge is 0.399 e. The second kappa shape index (κ2) is 11.7.